The van der Waals surface area contributed by atoms with Crippen LogP contribution in [0.3, 0.4) is 0 Å². The van der Waals surface area contributed by atoms with Gasteiger partial charge in [0.05, 0.1) is 12.7 Å². The monoisotopic (exact) mass is 252 g/mol. The van der Waals surface area contributed by atoms with Crippen molar-refractivity contribution in [2.45, 2.75) is 38.0 Å². The molecule has 3 nitrogen and oxygen atoms in total. The molecular formula is C14H17FO3. The van der Waals surface area contributed by atoms with Crippen LogP contribution in [0.1, 0.15) is 36.0 Å². The molecule has 0 saturated heterocycles. The summed E-state index contributed by atoms with van der Waals surface area (Å²) >= 11 is 0. The lowest BCUT2D eigenvalue weighted by molar-refractivity contribution is -0.00787. The number of methoxy groups -OCH3 is 1. The van der Waals surface area contributed by atoms with Gasteiger partial charge in [0.25, 0.3) is 0 Å². The Morgan fingerprint density at radius 1 is 1.22 bits per heavy atom. The fourth-order valence-corrected chi connectivity index (χ4v) is 2.12. The second-order valence-electron chi connectivity index (χ2n) is 4.47. The topological polar surface area (TPSA) is 35.5 Å². The van der Waals surface area contributed by atoms with Gasteiger partial charge in [-0.3, -0.25) is 0 Å². The van der Waals surface area contributed by atoms with Crippen LogP contribution >= 0.6 is 0 Å². The van der Waals surface area contributed by atoms with Gasteiger partial charge in [-0.2, -0.15) is 0 Å². The van der Waals surface area contributed by atoms with Crippen molar-refractivity contribution in [3.8, 4) is 5.75 Å². The van der Waals surface area contributed by atoms with E-state index in [0.29, 0.717) is 24.2 Å². The molecule has 1 aromatic rings. The first-order chi connectivity index (χ1) is 8.70. The maximum Gasteiger partial charge on any atom is 0.338 e. The van der Waals surface area contributed by atoms with E-state index < -0.39 is 18.2 Å². The number of benzene rings is 1. The SMILES string of the molecule is COc1ccc(C(=O)O[C@H]2CCCC[C@@H]2F)cc1. The number of hydrogen-bond acceptors (Lipinski definition) is 3. The molecule has 1 aliphatic carbocycles. The van der Waals surface area contributed by atoms with E-state index in [1.807, 2.05) is 0 Å². The zero-order chi connectivity index (χ0) is 13.0. The molecule has 0 heterocycles. The van der Waals surface area contributed by atoms with Gasteiger partial charge in [0.2, 0.25) is 0 Å². The maximum atomic E-state index is 13.5. The lowest BCUT2D eigenvalue weighted by atomic mass is 9.96. The molecule has 1 saturated carbocycles. The second kappa shape index (κ2) is 5.85. The molecule has 0 aliphatic heterocycles. The Balaban J connectivity index is 1.97. The first-order valence-electron chi connectivity index (χ1n) is 6.20. The average molecular weight is 252 g/mol. The smallest absolute Gasteiger partial charge is 0.338 e. The molecule has 98 valence electrons. The van der Waals surface area contributed by atoms with Crippen LogP contribution in [0.15, 0.2) is 24.3 Å². The normalized spacial score (nSPS) is 23.4. The summed E-state index contributed by atoms with van der Waals surface area (Å²) in [6.07, 6.45) is 1.27. The predicted octanol–water partition coefficient (Wildman–Crippen LogP) is 3.13. The van der Waals surface area contributed by atoms with E-state index >= 15 is 0 Å². The highest BCUT2D eigenvalue weighted by Crippen LogP contribution is 2.24. The molecule has 0 N–H and O–H groups in total. The van der Waals surface area contributed by atoms with Gasteiger partial charge in [0.1, 0.15) is 18.0 Å². The summed E-state index contributed by atoms with van der Waals surface area (Å²) in [7, 11) is 1.56. The average Bonchev–Trinajstić information content (AvgIpc) is 2.41. The van der Waals surface area contributed by atoms with Gasteiger partial charge in [-0.15, -0.1) is 0 Å². The van der Waals surface area contributed by atoms with Gasteiger partial charge >= 0.3 is 5.97 Å². The first-order valence-corrected chi connectivity index (χ1v) is 6.20. The van der Waals surface area contributed by atoms with Crippen LogP contribution in [0, 0.1) is 0 Å². The van der Waals surface area contributed by atoms with Gasteiger partial charge in [0, 0.05) is 0 Å². The third kappa shape index (κ3) is 3.00. The number of carbonyl (C=O) groups is 1. The van der Waals surface area contributed by atoms with Gasteiger partial charge in [-0.05, 0) is 43.5 Å². The van der Waals surface area contributed by atoms with Crippen molar-refractivity contribution in [1.82, 2.24) is 0 Å². The molecule has 0 unspecified atom stereocenters. The number of carbonyl (C=O) groups excluding carboxylic acids is 1. The molecule has 0 aromatic heterocycles. The quantitative estimate of drug-likeness (QED) is 0.775. The number of esters is 1. The minimum atomic E-state index is -1.03. The minimum Gasteiger partial charge on any atom is -0.497 e. The summed E-state index contributed by atoms with van der Waals surface area (Å²) in [4.78, 5) is 11.8. The van der Waals surface area contributed by atoms with Crippen LogP contribution in [0.4, 0.5) is 4.39 Å². The summed E-state index contributed by atoms with van der Waals surface area (Å²) < 4.78 is 23.8. The first kappa shape index (κ1) is 12.9. The van der Waals surface area contributed by atoms with Crippen LogP contribution in [0.2, 0.25) is 0 Å². The zero-order valence-corrected chi connectivity index (χ0v) is 10.4. The van der Waals surface area contributed by atoms with E-state index in [2.05, 4.69) is 0 Å². The van der Waals surface area contributed by atoms with Crippen LogP contribution in [-0.4, -0.2) is 25.4 Å². The molecule has 1 fully saturated rings. The van der Waals surface area contributed by atoms with Gasteiger partial charge in [-0.1, -0.05) is 6.42 Å². The number of ether oxygens (including phenoxy) is 2. The standard InChI is InChI=1S/C14H17FO3/c1-17-11-8-6-10(7-9-11)14(16)18-13-5-3-2-4-12(13)15/h6-9,12-13H,2-5H2,1H3/t12-,13-/m0/s1. The highest BCUT2D eigenvalue weighted by Gasteiger charge is 2.28. The Labute approximate surface area is 106 Å². The van der Waals surface area contributed by atoms with Crippen molar-refractivity contribution in [3.63, 3.8) is 0 Å². The third-order valence-electron chi connectivity index (χ3n) is 3.21. The molecule has 2 rings (SSSR count). The highest BCUT2D eigenvalue weighted by molar-refractivity contribution is 5.89. The Bertz CT molecular complexity index is 402. The predicted molar refractivity (Wildman–Crippen MR) is 65.6 cm³/mol. The zero-order valence-electron chi connectivity index (χ0n) is 10.4. The van der Waals surface area contributed by atoms with E-state index in [1.54, 1.807) is 31.4 Å². The van der Waals surface area contributed by atoms with Crippen molar-refractivity contribution >= 4 is 5.97 Å². The summed E-state index contributed by atoms with van der Waals surface area (Å²) in [6, 6.07) is 6.61. The van der Waals surface area contributed by atoms with Crippen LogP contribution < -0.4 is 4.74 Å². The number of halogens is 1. The summed E-state index contributed by atoms with van der Waals surface area (Å²) in [5.41, 5.74) is 0.425. The van der Waals surface area contributed by atoms with Crippen molar-refractivity contribution in [2.24, 2.45) is 0 Å². The second-order valence-corrected chi connectivity index (χ2v) is 4.47. The van der Waals surface area contributed by atoms with E-state index in [1.165, 1.54) is 0 Å². The van der Waals surface area contributed by atoms with Crippen LogP contribution in [0.25, 0.3) is 0 Å². The molecule has 0 amide bonds. The maximum absolute atomic E-state index is 13.5. The highest BCUT2D eigenvalue weighted by atomic mass is 19.1. The van der Waals surface area contributed by atoms with E-state index in [0.717, 1.165) is 12.8 Å². The largest absolute Gasteiger partial charge is 0.497 e. The Morgan fingerprint density at radius 2 is 1.89 bits per heavy atom. The van der Waals surface area contributed by atoms with Crippen molar-refractivity contribution < 1.29 is 18.7 Å². The molecule has 0 spiro atoms. The Hall–Kier alpha value is -1.58. The molecule has 4 heteroatoms. The lowest BCUT2D eigenvalue weighted by Gasteiger charge is -2.25. The van der Waals surface area contributed by atoms with Gasteiger partial charge < -0.3 is 9.47 Å². The van der Waals surface area contributed by atoms with E-state index in [-0.39, 0.29) is 0 Å². The van der Waals surface area contributed by atoms with E-state index in [4.69, 9.17) is 9.47 Å². The number of rotatable bonds is 3. The third-order valence-corrected chi connectivity index (χ3v) is 3.21. The minimum absolute atomic E-state index is 0.425. The lowest BCUT2D eigenvalue weighted by Crippen LogP contribution is -2.31. The number of alkyl halides is 1. The molecule has 2 atom stereocenters. The molecule has 0 radical (unpaired) electrons. The van der Waals surface area contributed by atoms with Crippen LogP contribution in [0.5, 0.6) is 5.75 Å². The van der Waals surface area contributed by atoms with Crippen molar-refractivity contribution in [3.05, 3.63) is 29.8 Å². The summed E-state index contributed by atoms with van der Waals surface area (Å²) in [5.74, 6) is 0.208. The van der Waals surface area contributed by atoms with Gasteiger partial charge in [-0.25, -0.2) is 9.18 Å². The number of hydrogen-bond donors (Lipinski definition) is 0. The molecule has 1 aliphatic rings. The Kier molecular flexibility index (Phi) is 4.18. The summed E-state index contributed by atoms with van der Waals surface area (Å²) in [5, 5.41) is 0. The van der Waals surface area contributed by atoms with E-state index in [9.17, 15) is 9.18 Å². The Morgan fingerprint density at radius 3 is 2.50 bits per heavy atom. The summed E-state index contributed by atoms with van der Waals surface area (Å²) in [6.45, 7) is 0. The molecule has 18 heavy (non-hydrogen) atoms. The molecule has 1 aromatic carbocycles. The van der Waals surface area contributed by atoms with Crippen molar-refractivity contribution in [2.75, 3.05) is 7.11 Å². The van der Waals surface area contributed by atoms with Gasteiger partial charge in [0.15, 0.2) is 0 Å². The van der Waals surface area contributed by atoms with Crippen molar-refractivity contribution in [1.29, 1.82) is 0 Å². The molecular weight excluding hydrogens is 235 g/mol. The fraction of sp³-hybridized carbons (Fsp3) is 0.500. The molecule has 0 bridgehead atoms. The van der Waals surface area contributed by atoms with Crippen LogP contribution in [-0.2, 0) is 4.74 Å². The fourth-order valence-electron chi connectivity index (χ4n) is 2.12.